The third-order valence-electron chi connectivity index (χ3n) is 2.48. The summed E-state index contributed by atoms with van der Waals surface area (Å²) >= 11 is 7.19. The quantitative estimate of drug-likeness (QED) is 0.689. The van der Waals surface area contributed by atoms with Crippen LogP contribution in [0.3, 0.4) is 0 Å². The molecule has 0 N–H and O–H groups in total. The topological polar surface area (TPSA) is 69.4 Å². The standard InChI is InChI=1S/C12H9ClN6S/c13-11-7-6-9(14-15-11)8-20-12-16-17-18-19(12)10-4-2-1-3-5-10/h1-7H,8H2. The van der Waals surface area contributed by atoms with Crippen molar-refractivity contribution < 1.29 is 0 Å². The van der Waals surface area contributed by atoms with E-state index >= 15 is 0 Å². The molecule has 0 fully saturated rings. The van der Waals surface area contributed by atoms with Gasteiger partial charge in [0.05, 0.1) is 11.4 Å². The molecule has 100 valence electrons. The van der Waals surface area contributed by atoms with Crippen molar-refractivity contribution in [3.63, 3.8) is 0 Å². The van der Waals surface area contributed by atoms with Crippen molar-refractivity contribution >= 4 is 23.4 Å². The fourth-order valence-corrected chi connectivity index (χ4v) is 2.45. The van der Waals surface area contributed by atoms with Crippen LogP contribution < -0.4 is 0 Å². The molecule has 0 amide bonds. The number of aromatic nitrogens is 6. The van der Waals surface area contributed by atoms with Crippen LogP contribution in [0.4, 0.5) is 0 Å². The number of rotatable bonds is 4. The number of hydrogen-bond acceptors (Lipinski definition) is 6. The molecule has 0 saturated heterocycles. The third-order valence-corrected chi connectivity index (χ3v) is 3.63. The molecular formula is C12H9ClN6S. The number of hydrogen-bond donors (Lipinski definition) is 0. The van der Waals surface area contributed by atoms with Crippen molar-refractivity contribution in [2.45, 2.75) is 10.9 Å². The highest BCUT2D eigenvalue weighted by Gasteiger charge is 2.09. The summed E-state index contributed by atoms with van der Waals surface area (Å²) in [5.74, 6) is 0.622. The summed E-state index contributed by atoms with van der Waals surface area (Å²) in [5.41, 5.74) is 1.74. The lowest BCUT2D eigenvalue weighted by atomic mass is 10.3. The first-order valence-electron chi connectivity index (χ1n) is 5.77. The molecule has 6 nitrogen and oxygen atoms in total. The molecule has 1 aromatic carbocycles. The summed E-state index contributed by atoms with van der Waals surface area (Å²) in [7, 11) is 0. The van der Waals surface area contributed by atoms with Crippen molar-refractivity contribution in [2.24, 2.45) is 0 Å². The number of thioether (sulfide) groups is 1. The van der Waals surface area contributed by atoms with Gasteiger partial charge >= 0.3 is 0 Å². The SMILES string of the molecule is Clc1ccc(CSc2nnnn2-c2ccccc2)nn1. The van der Waals surface area contributed by atoms with Crippen LogP contribution in [0.1, 0.15) is 5.69 Å². The van der Waals surface area contributed by atoms with Gasteiger partial charge in [0.15, 0.2) is 5.15 Å². The first-order chi connectivity index (χ1) is 9.83. The zero-order valence-electron chi connectivity index (χ0n) is 10.2. The average molecular weight is 305 g/mol. The second kappa shape index (κ2) is 5.98. The highest BCUT2D eigenvalue weighted by molar-refractivity contribution is 7.98. The van der Waals surface area contributed by atoms with E-state index in [1.807, 2.05) is 36.4 Å². The van der Waals surface area contributed by atoms with Gasteiger partial charge in [-0.25, -0.2) is 0 Å². The zero-order chi connectivity index (χ0) is 13.8. The number of nitrogens with zero attached hydrogens (tertiary/aromatic N) is 6. The molecule has 8 heteroatoms. The Bertz CT molecular complexity index is 685. The Hall–Kier alpha value is -1.99. The van der Waals surface area contributed by atoms with Crippen molar-refractivity contribution in [3.8, 4) is 5.69 Å². The lowest BCUT2D eigenvalue weighted by molar-refractivity contribution is 0.756. The van der Waals surface area contributed by atoms with Crippen LogP contribution in [-0.2, 0) is 5.75 Å². The van der Waals surface area contributed by atoms with E-state index in [-0.39, 0.29) is 0 Å². The molecule has 2 aromatic heterocycles. The van der Waals surface area contributed by atoms with Crippen molar-refractivity contribution in [2.75, 3.05) is 0 Å². The van der Waals surface area contributed by atoms with Crippen molar-refractivity contribution in [1.29, 1.82) is 0 Å². The minimum Gasteiger partial charge on any atom is -0.188 e. The molecule has 0 aliphatic heterocycles. The maximum atomic E-state index is 5.70. The van der Waals surface area contributed by atoms with Gasteiger partial charge in [-0.15, -0.1) is 10.2 Å². The fraction of sp³-hybridized carbons (Fsp3) is 0.0833. The van der Waals surface area contributed by atoms with E-state index in [1.54, 1.807) is 10.7 Å². The third kappa shape index (κ3) is 2.94. The van der Waals surface area contributed by atoms with Crippen LogP contribution in [0.5, 0.6) is 0 Å². The van der Waals surface area contributed by atoms with E-state index in [0.29, 0.717) is 16.1 Å². The summed E-state index contributed by atoms with van der Waals surface area (Å²) in [6.07, 6.45) is 0. The Morgan fingerprint density at radius 1 is 1.00 bits per heavy atom. The summed E-state index contributed by atoms with van der Waals surface area (Å²) < 4.78 is 1.69. The first kappa shape index (κ1) is 13.0. The molecule has 3 rings (SSSR count). The zero-order valence-corrected chi connectivity index (χ0v) is 11.8. The molecule has 0 atom stereocenters. The van der Waals surface area contributed by atoms with E-state index in [9.17, 15) is 0 Å². The van der Waals surface area contributed by atoms with E-state index < -0.39 is 0 Å². The average Bonchev–Trinajstić information content (AvgIpc) is 2.96. The largest absolute Gasteiger partial charge is 0.214 e. The molecule has 3 aromatic rings. The summed E-state index contributed by atoms with van der Waals surface area (Å²) in [4.78, 5) is 0. The molecule has 0 spiro atoms. The molecule has 0 bridgehead atoms. The molecule has 0 radical (unpaired) electrons. The summed E-state index contributed by atoms with van der Waals surface area (Å²) in [6, 6.07) is 13.3. The van der Waals surface area contributed by atoms with Crippen LogP contribution in [0.25, 0.3) is 5.69 Å². The second-order valence-electron chi connectivity index (χ2n) is 3.84. The van der Waals surface area contributed by atoms with Crippen molar-refractivity contribution in [3.05, 3.63) is 53.3 Å². The number of halogens is 1. The highest BCUT2D eigenvalue weighted by atomic mass is 35.5. The Balaban J connectivity index is 1.76. The van der Waals surface area contributed by atoms with Crippen LogP contribution in [0, 0.1) is 0 Å². The van der Waals surface area contributed by atoms with Gasteiger partial charge < -0.3 is 0 Å². The monoisotopic (exact) mass is 304 g/mol. The van der Waals surface area contributed by atoms with Crippen molar-refractivity contribution in [1.82, 2.24) is 30.4 Å². The predicted molar refractivity (Wildman–Crippen MR) is 75.8 cm³/mol. The van der Waals surface area contributed by atoms with Gasteiger partial charge in [0.1, 0.15) is 0 Å². The van der Waals surface area contributed by atoms with Crippen LogP contribution >= 0.6 is 23.4 Å². The molecule has 0 aliphatic rings. The lowest BCUT2D eigenvalue weighted by Crippen LogP contribution is -1.99. The van der Waals surface area contributed by atoms with Crippen LogP contribution in [-0.4, -0.2) is 30.4 Å². The molecule has 0 saturated carbocycles. The van der Waals surface area contributed by atoms with Crippen LogP contribution in [0.15, 0.2) is 47.6 Å². The maximum absolute atomic E-state index is 5.70. The predicted octanol–water partition coefficient (Wildman–Crippen LogP) is 2.40. The molecule has 2 heterocycles. The smallest absolute Gasteiger partial charge is 0.188 e. The van der Waals surface area contributed by atoms with Crippen LogP contribution in [0.2, 0.25) is 5.15 Å². The van der Waals surface area contributed by atoms with E-state index in [4.69, 9.17) is 11.6 Å². The second-order valence-corrected chi connectivity index (χ2v) is 5.17. The van der Waals surface area contributed by atoms with E-state index in [2.05, 4.69) is 25.7 Å². The molecular weight excluding hydrogens is 296 g/mol. The van der Waals surface area contributed by atoms with Gasteiger partial charge in [-0.3, -0.25) is 0 Å². The lowest BCUT2D eigenvalue weighted by Gasteiger charge is -2.03. The van der Waals surface area contributed by atoms with Gasteiger partial charge in [0, 0.05) is 5.75 Å². The summed E-state index contributed by atoms with van der Waals surface area (Å²) in [6.45, 7) is 0. The number of tetrazole rings is 1. The van der Waals surface area contributed by atoms with Gasteiger partial charge in [-0.2, -0.15) is 9.78 Å². The van der Waals surface area contributed by atoms with E-state index in [1.165, 1.54) is 11.8 Å². The molecule has 20 heavy (non-hydrogen) atoms. The Labute approximate surface area is 124 Å². The first-order valence-corrected chi connectivity index (χ1v) is 7.14. The minimum absolute atomic E-state index is 0.382. The van der Waals surface area contributed by atoms with Gasteiger partial charge in [-0.05, 0) is 34.7 Å². The number of benzene rings is 1. The molecule has 0 aliphatic carbocycles. The normalized spacial score (nSPS) is 10.7. The Kier molecular flexibility index (Phi) is 3.89. The highest BCUT2D eigenvalue weighted by Crippen LogP contribution is 2.21. The van der Waals surface area contributed by atoms with Gasteiger partial charge in [0.25, 0.3) is 0 Å². The Morgan fingerprint density at radius 3 is 2.60 bits per heavy atom. The van der Waals surface area contributed by atoms with Gasteiger partial charge in [0.2, 0.25) is 5.16 Å². The number of para-hydroxylation sites is 1. The Morgan fingerprint density at radius 2 is 1.85 bits per heavy atom. The molecule has 0 unspecified atom stereocenters. The fourth-order valence-electron chi connectivity index (χ4n) is 1.56. The van der Waals surface area contributed by atoms with E-state index in [0.717, 1.165) is 11.4 Å². The van der Waals surface area contributed by atoms with Gasteiger partial charge in [-0.1, -0.05) is 41.6 Å². The summed E-state index contributed by atoms with van der Waals surface area (Å²) in [5, 5.41) is 20.6. The maximum Gasteiger partial charge on any atom is 0.214 e. The minimum atomic E-state index is 0.382.